The number of amides is 1. The second-order valence-corrected chi connectivity index (χ2v) is 8.22. The molecule has 0 bridgehead atoms. The summed E-state index contributed by atoms with van der Waals surface area (Å²) >= 11 is 0. The van der Waals surface area contributed by atoms with Gasteiger partial charge < -0.3 is 24.1 Å². The molecule has 3 atom stereocenters. The Morgan fingerprint density at radius 2 is 1.87 bits per heavy atom. The van der Waals surface area contributed by atoms with E-state index < -0.39 is 12.1 Å². The Balaban J connectivity index is 0.000000339. The average Bonchev–Trinajstić information content (AvgIpc) is 3.39. The number of likely N-dealkylation sites (N-methyl/N-ethyl adjacent to an activating group) is 1. The van der Waals surface area contributed by atoms with Crippen LogP contribution in [0.25, 0.3) is 0 Å². The van der Waals surface area contributed by atoms with Crippen LogP contribution in [0.4, 0.5) is 13.2 Å². The van der Waals surface area contributed by atoms with E-state index in [0.29, 0.717) is 17.6 Å². The molecule has 174 valence electrons. The minimum atomic E-state index is -5.08. The molecule has 0 radical (unpaired) electrons. The van der Waals surface area contributed by atoms with Crippen LogP contribution < -0.4 is 0 Å². The summed E-state index contributed by atoms with van der Waals surface area (Å²) in [6.45, 7) is 7.94. The fraction of sp³-hybridized carbons (Fsp3) is 0.700. The number of ether oxygens (including phenoxy) is 1. The number of hydrogen-bond acceptors (Lipinski definition) is 6. The Labute approximate surface area is 178 Å². The maximum atomic E-state index is 12.6. The topological polar surface area (TPSA) is 86.5 Å². The fourth-order valence-electron chi connectivity index (χ4n) is 4.24. The van der Waals surface area contributed by atoms with Gasteiger partial charge in [0.25, 0.3) is 5.91 Å². The molecule has 0 aromatic carbocycles. The van der Waals surface area contributed by atoms with Gasteiger partial charge in [0.15, 0.2) is 5.76 Å². The smallest absolute Gasteiger partial charge is 0.475 e. The summed E-state index contributed by atoms with van der Waals surface area (Å²) in [7, 11) is 2.18. The summed E-state index contributed by atoms with van der Waals surface area (Å²) in [6.07, 6.45) is -2.23. The number of rotatable bonds is 3. The molecule has 31 heavy (non-hydrogen) atoms. The van der Waals surface area contributed by atoms with Crippen molar-refractivity contribution in [2.45, 2.75) is 18.7 Å². The van der Waals surface area contributed by atoms with Crippen LogP contribution in [0.3, 0.4) is 0 Å². The summed E-state index contributed by atoms with van der Waals surface area (Å²) < 4.78 is 43.2. The zero-order valence-electron chi connectivity index (χ0n) is 17.4. The third kappa shape index (κ3) is 6.20. The fourth-order valence-corrected chi connectivity index (χ4v) is 4.24. The van der Waals surface area contributed by atoms with Crippen molar-refractivity contribution < 1.29 is 37.0 Å². The molecule has 0 saturated carbocycles. The minimum Gasteiger partial charge on any atom is -0.475 e. The van der Waals surface area contributed by atoms with Crippen LogP contribution in [0.2, 0.25) is 0 Å². The van der Waals surface area contributed by atoms with Crippen molar-refractivity contribution in [2.24, 2.45) is 11.8 Å². The Morgan fingerprint density at radius 3 is 2.45 bits per heavy atom. The molecule has 4 heterocycles. The lowest BCUT2D eigenvalue weighted by molar-refractivity contribution is -0.192. The van der Waals surface area contributed by atoms with Gasteiger partial charge in [0.1, 0.15) is 0 Å². The van der Waals surface area contributed by atoms with Crippen molar-refractivity contribution in [2.75, 3.05) is 59.5 Å². The molecule has 1 aromatic heterocycles. The Kier molecular flexibility index (Phi) is 7.60. The summed E-state index contributed by atoms with van der Waals surface area (Å²) in [5, 5.41) is 7.12. The number of likely N-dealkylation sites (tertiary alicyclic amines) is 1. The van der Waals surface area contributed by atoms with E-state index in [1.165, 1.54) is 0 Å². The highest BCUT2D eigenvalue weighted by atomic mass is 19.4. The number of piperazine rings is 1. The average molecular weight is 447 g/mol. The number of alkyl halides is 3. The van der Waals surface area contributed by atoms with E-state index in [0.717, 1.165) is 58.8 Å². The SMILES string of the molecule is CN1CCN(C[C@H]2OC[C@@H]3CCN(C(=O)c4ccco4)C[C@@H]32)CC1.O=C(O)C(F)(F)F. The molecule has 4 rings (SSSR count). The number of aliphatic carboxylic acids is 1. The molecule has 0 unspecified atom stereocenters. The van der Waals surface area contributed by atoms with Crippen LogP contribution in [-0.4, -0.2) is 103 Å². The first kappa shape index (κ1) is 23.6. The summed E-state index contributed by atoms with van der Waals surface area (Å²) in [6, 6.07) is 3.52. The van der Waals surface area contributed by atoms with E-state index >= 15 is 0 Å². The number of piperidine rings is 1. The van der Waals surface area contributed by atoms with E-state index in [2.05, 4.69) is 16.8 Å². The first-order valence-corrected chi connectivity index (χ1v) is 10.3. The molecule has 3 fully saturated rings. The Morgan fingerprint density at radius 1 is 1.19 bits per heavy atom. The highest BCUT2D eigenvalue weighted by molar-refractivity contribution is 5.91. The number of carbonyl (C=O) groups is 2. The van der Waals surface area contributed by atoms with Crippen LogP contribution in [0.1, 0.15) is 17.0 Å². The van der Waals surface area contributed by atoms with Crippen molar-refractivity contribution in [1.29, 1.82) is 0 Å². The quantitative estimate of drug-likeness (QED) is 0.754. The second-order valence-electron chi connectivity index (χ2n) is 8.22. The number of fused-ring (bicyclic) bond motifs is 1. The molecule has 3 saturated heterocycles. The molecule has 1 N–H and O–H groups in total. The van der Waals surface area contributed by atoms with E-state index in [1.54, 1.807) is 18.4 Å². The molecule has 3 aliphatic rings. The van der Waals surface area contributed by atoms with Gasteiger partial charge in [-0.1, -0.05) is 0 Å². The zero-order valence-corrected chi connectivity index (χ0v) is 17.4. The molecular weight excluding hydrogens is 419 g/mol. The number of carboxylic acids is 1. The minimum absolute atomic E-state index is 0.0173. The Hall–Kier alpha value is -2.11. The molecule has 8 nitrogen and oxygen atoms in total. The predicted octanol–water partition coefficient (Wildman–Crippen LogP) is 1.64. The maximum Gasteiger partial charge on any atom is 0.490 e. The number of furan rings is 1. The van der Waals surface area contributed by atoms with Gasteiger partial charge in [0.2, 0.25) is 0 Å². The van der Waals surface area contributed by atoms with Gasteiger partial charge in [-0.15, -0.1) is 0 Å². The van der Waals surface area contributed by atoms with Gasteiger partial charge in [-0.25, -0.2) is 4.79 Å². The van der Waals surface area contributed by atoms with Gasteiger partial charge in [0, 0.05) is 51.7 Å². The molecule has 0 aliphatic carbocycles. The number of carboxylic acid groups (broad SMARTS) is 1. The maximum absolute atomic E-state index is 12.6. The van der Waals surface area contributed by atoms with E-state index in [4.69, 9.17) is 19.1 Å². The Bertz CT molecular complexity index is 735. The van der Waals surface area contributed by atoms with Crippen LogP contribution in [0.15, 0.2) is 22.8 Å². The van der Waals surface area contributed by atoms with Gasteiger partial charge in [-0.3, -0.25) is 9.69 Å². The molecule has 3 aliphatic heterocycles. The number of nitrogens with zero attached hydrogens (tertiary/aromatic N) is 3. The van der Waals surface area contributed by atoms with Crippen LogP contribution in [0, 0.1) is 11.8 Å². The normalized spacial score (nSPS) is 27.4. The lowest BCUT2D eigenvalue weighted by Crippen LogP contribution is -2.50. The molecule has 0 spiro atoms. The third-order valence-electron chi connectivity index (χ3n) is 6.10. The number of halogens is 3. The van der Waals surface area contributed by atoms with Gasteiger partial charge in [-0.05, 0) is 31.5 Å². The van der Waals surface area contributed by atoms with Gasteiger partial charge >= 0.3 is 12.1 Å². The lowest BCUT2D eigenvalue weighted by Gasteiger charge is -2.38. The van der Waals surface area contributed by atoms with Gasteiger partial charge in [0.05, 0.1) is 19.0 Å². The summed E-state index contributed by atoms with van der Waals surface area (Å²) in [5.41, 5.74) is 0. The van der Waals surface area contributed by atoms with Crippen molar-refractivity contribution in [3.63, 3.8) is 0 Å². The predicted molar refractivity (Wildman–Crippen MR) is 104 cm³/mol. The van der Waals surface area contributed by atoms with E-state index in [9.17, 15) is 18.0 Å². The van der Waals surface area contributed by atoms with Crippen LogP contribution in [-0.2, 0) is 9.53 Å². The second kappa shape index (κ2) is 10.0. The zero-order chi connectivity index (χ0) is 22.6. The first-order valence-electron chi connectivity index (χ1n) is 10.3. The van der Waals surface area contributed by atoms with E-state index in [-0.39, 0.29) is 12.0 Å². The number of hydrogen-bond donors (Lipinski definition) is 1. The highest BCUT2D eigenvalue weighted by Gasteiger charge is 2.43. The van der Waals surface area contributed by atoms with Crippen LogP contribution in [0.5, 0.6) is 0 Å². The molecule has 1 aromatic rings. The standard InChI is InChI=1S/C18H27N3O3.C2HF3O2/c1-19-6-8-20(9-7-19)12-17-15-11-21(5-4-14(15)13-24-17)18(22)16-3-2-10-23-16;3-2(4,5)1(6)7/h2-3,10,14-15,17H,4-9,11-13H2,1H3;(H,6,7)/t14-,15-,17+;/m0./s1. The molecule has 1 amide bonds. The summed E-state index contributed by atoms with van der Waals surface area (Å²) in [4.78, 5) is 28.3. The van der Waals surface area contributed by atoms with Crippen LogP contribution >= 0.6 is 0 Å². The first-order chi connectivity index (χ1) is 14.6. The monoisotopic (exact) mass is 447 g/mol. The van der Waals surface area contributed by atoms with Crippen molar-refractivity contribution >= 4 is 11.9 Å². The third-order valence-corrected chi connectivity index (χ3v) is 6.10. The van der Waals surface area contributed by atoms with Crippen molar-refractivity contribution in [3.8, 4) is 0 Å². The van der Waals surface area contributed by atoms with E-state index in [1.807, 2.05) is 4.90 Å². The highest BCUT2D eigenvalue weighted by Crippen LogP contribution is 2.35. The largest absolute Gasteiger partial charge is 0.490 e. The summed E-state index contributed by atoms with van der Waals surface area (Å²) in [5.74, 6) is -1.24. The molecular formula is C20H28F3N3O5. The van der Waals surface area contributed by atoms with Crippen molar-refractivity contribution in [1.82, 2.24) is 14.7 Å². The lowest BCUT2D eigenvalue weighted by atomic mass is 9.84. The molecule has 11 heteroatoms. The van der Waals surface area contributed by atoms with Crippen molar-refractivity contribution in [3.05, 3.63) is 24.2 Å². The number of carbonyl (C=O) groups excluding carboxylic acids is 1. The van der Waals surface area contributed by atoms with Gasteiger partial charge in [-0.2, -0.15) is 13.2 Å².